The molecule has 27 heavy (non-hydrogen) atoms. The number of aromatic hydroxyl groups is 1. The van der Waals surface area contributed by atoms with Crippen molar-refractivity contribution < 1.29 is 19.4 Å². The maximum Gasteiger partial charge on any atom is 0.277 e. The first kappa shape index (κ1) is 20.3. The minimum atomic E-state index is -0.391. The number of rotatable bonds is 9. The summed E-state index contributed by atoms with van der Waals surface area (Å²) in [6, 6.07) is 12.8. The first-order valence-electron chi connectivity index (χ1n) is 9.04. The molecule has 2 N–H and O–H groups in total. The van der Waals surface area contributed by atoms with Gasteiger partial charge in [-0.05, 0) is 49.1 Å². The number of para-hydroxylation sites is 1. The van der Waals surface area contributed by atoms with Gasteiger partial charge in [0, 0.05) is 5.56 Å². The average Bonchev–Trinajstić information content (AvgIpc) is 2.69. The molecule has 0 radical (unpaired) electrons. The van der Waals surface area contributed by atoms with Crippen LogP contribution in [0.3, 0.4) is 0 Å². The quantitative estimate of drug-likeness (QED) is 0.519. The summed E-state index contributed by atoms with van der Waals surface area (Å²) in [7, 11) is 0. The summed E-state index contributed by atoms with van der Waals surface area (Å²) in [4.78, 5) is 11.8. The van der Waals surface area contributed by atoms with Crippen LogP contribution in [0.5, 0.6) is 17.2 Å². The molecule has 0 spiro atoms. The van der Waals surface area contributed by atoms with Gasteiger partial charge in [0.2, 0.25) is 0 Å². The van der Waals surface area contributed by atoms with Crippen LogP contribution in [-0.4, -0.2) is 30.4 Å². The van der Waals surface area contributed by atoms with Gasteiger partial charge in [-0.25, -0.2) is 5.43 Å². The summed E-state index contributed by atoms with van der Waals surface area (Å²) >= 11 is 0. The first-order chi connectivity index (χ1) is 13.0. The summed E-state index contributed by atoms with van der Waals surface area (Å²) in [6.07, 6.45) is 2.43. The predicted octanol–water partition coefficient (Wildman–Crippen LogP) is 3.83. The van der Waals surface area contributed by atoms with Crippen molar-refractivity contribution in [1.29, 1.82) is 0 Å². The van der Waals surface area contributed by atoms with Crippen LogP contribution in [0.2, 0.25) is 0 Å². The van der Waals surface area contributed by atoms with Crippen molar-refractivity contribution in [3.63, 3.8) is 0 Å². The summed E-state index contributed by atoms with van der Waals surface area (Å²) in [5, 5.41) is 13.9. The van der Waals surface area contributed by atoms with Crippen molar-refractivity contribution in [3.05, 3.63) is 53.6 Å². The smallest absolute Gasteiger partial charge is 0.277 e. The van der Waals surface area contributed by atoms with E-state index in [0.717, 1.165) is 6.42 Å². The van der Waals surface area contributed by atoms with Gasteiger partial charge in [-0.2, -0.15) is 5.10 Å². The van der Waals surface area contributed by atoms with E-state index in [4.69, 9.17) is 9.47 Å². The number of benzene rings is 2. The maximum absolute atomic E-state index is 11.8. The molecule has 0 heterocycles. The lowest BCUT2D eigenvalue weighted by Crippen LogP contribution is -2.24. The number of nitrogens with zero attached hydrogens (tertiary/aromatic N) is 1. The Morgan fingerprint density at radius 3 is 2.59 bits per heavy atom. The maximum atomic E-state index is 11.8. The highest BCUT2D eigenvalue weighted by Gasteiger charge is 2.07. The molecule has 0 bridgehead atoms. The highest BCUT2D eigenvalue weighted by molar-refractivity contribution is 5.86. The highest BCUT2D eigenvalue weighted by atomic mass is 16.5. The number of carbonyl (C=O) groups excluding carboxylic acids is 1. The third kappa shape index (κ3) is 6.02. The number of ether oxygens (including phenoxy) is 2. The van der Waals surface area contributed by atoms with E-state index in [1.54, 1.807) is 18.2 Å². The third-order valence-corrected chi connectivity index (χ3v) is 4.15. The number of hydrazone groups is 1. The number of amides is 1. The second-order valence-electron chi connectivity index (χ2n) is 6.09. The van der Waals surface area contributed by atoms with Gasteiger partial charge in [0.1, 0.15) is 5.75 Å². The molecule has 2 rings (SSSR count). The van der Waals surface area contributed by atoms with Crippen LogP contribution in [0.1, 0.15) is 44.2 Å². The molecule has 1 atom stereocenters. The zero-order valence-corrected chi connectivity index (χ0v) is 15.9. The molecule has 6 heteroatoms. The van der Waals surface area contributed by atoms with Crippen LogP contribution in [0, 0.1) is 0 Å². The summed E-state index contributed by atoms with van der Waals surface area (Å²) in [6.45, 7) is 6.44. The molecular formula is C21H26N2O4. The second-order valence-corrected chi connectivity index (χ2v) is 6.09. The molecule has 0 fully saturated rings. The SMILES string of the molecule is CCOc1cccc(/C=N/NC(=O)COc2ccc([C@H](C)CC)cc2)c1O. The van der Waals surface area contributed by atoms with E-state index in [-0.39, 0.29) is 12.4 Å². The average molecular weight is 370 g/mol. The Morgan fingerprint density at radius 1 is 1.19 bits per heavy atom. The number of nitrogens with one attached hydrogen (secondary N) is 1. The summed E-state index contributed by atoms with van der Waals surface area (Å²) < 4.78 is 10.8. The molecule has 0 aliphatic rings. The van der Waals surface area contributed by atoms with E-state index in [0.29, 0.717) is 29.6 Å². The Labute approximate surface area is 159 Å². The Kier molecular flexibility index (Phi) is 7.67. The van der Waals surface area contributed by atoms with E-state index < -0.39 is 5.91 Å². The molecule has 1 amide bonds. The lowest BCUT2D eigenvalue weighted by Gasteiger charge is -2.10. The number of phenolic OH excluding ortho intramolecular Hbond substituents is 1. The van der Waals surface area contributed by atoms with Crippen molar-refractivity contribution in [2.24, 2.45) is 5.10 Å². The van der Waals surface area contributed by atoms with Crippen molar-refractivity contribution in [1.82, 2.24) is 5.43 Å². The first-order valence-corrected chi connectivity index (χ1v) is 9.04. The Hall–Kier alpha value is -3.02. The zero-order valence-electron chi connectivity index (χ0n) is 15.9. The van der Waals surface area contributed by atoms with Gasteiger partial charge in [0.15, 0.2) is 18.1 Å². The molecule has 0 aliphatic heterocycles. The van der Waals surface area contributed by atoms with Gasteiger partial charge in [0.25, 0.3) is 5.91 Å². The third-order valence-electron chi connectivity index (χ3n) is 4.15. The molecular weight excluding hydrogens is 344 g/mol. The number of phenols is 1. The van der Waals surface area contributed by atoms with Crippen molar-refractivity contribution in [2.45, 2.75) is 33.1 Å². The van der Waals surface area contributed by atoms with Crippen molar-refractivity contribution in [2.75, 3.05) is 13.2 Å². The highest BCUT2D eigenvalue weighted by Crippen LogP contribution is 2.28. The van der Waals surface area contributed by atoms with Gasteiger partial charge >= 0.3 is 0 Å². The molecule has 0 aromatic heterocycles. The fourth-order valence-corrected chi connectivity index (χ4v) is 2.40. The summed E-state index contributed by atoms with van der Waals surface area (Å²) in [5.41, 5.74) is 4.06. The Bertz CT molecular complexity index is 772. The molecule has 0 unspecified atom stereocenters. The van der Waals surface area contributed by atoms with Crippen LogP contribution >= 0.6 is 0 Å². The van der Waals surface area contributed by atoms with Gasteiger partial charge in [0.05, 0.1) is 12.8 Å². The number of hydrogen-bond acceptors (Lipinski definition) is 5. The van der Waals surface area contributed by atoms with Gasteiger partial charge in [-0.3, -0.25) is 4.79 Å². The van der Waals surface area contributed by atoms with Crippen LogP contribution in [0.15, 0.2) is 47.6 Å². The Morgan fingerprint density at radius 2 is 1.93 bits per heavy atom. The van der Waals surface area contributed by atoms with E-state index in [1.807, 2.05) is 31.2 Å². The minimum absolute atomic E-state index is 0.0185. The van der Waals surface area contributed by atoms with Crippen LogP contribution in [0.25, 0.3) is 0 Å². The minimum Gasteiger partial charge on any atom is -0.504 e. The monoisotopic (exact) mass is 370 g/mol. The normalized spacial score (nSPS) is 12.0. The fourth-order valence-electron chi connectivity index (χ4n) is 2.40. The molecule has 144 valence electrons. The van der Waals surface area contributed by atoms with Gasteiger partial charge < -0.3 is 14.6 Å². The molecule has 2 aromatic rings. The molecule has 0 aliphatic carbocycles. The van der Waals surface area contributed by atoms with E-state index in [1.165, 1.54) is 11.8 Å². The lowest BCUT2D eigenvalue weighted by atomic mass is 9.99. The lowest BCUT2D eigenvalue weighted by molar-refractivity contribution is -0.123. The molecule has 0 saturated heterocycles. The zero-order chi connectivity index (χ0) is 19.6. The molecule has 2 aromatic carbocycles. The van der Waals surface area contributed by atoms with Crippen LogP contribution in [0.4, 0.5) is 0 Å². The summed E-state index contributed by atoms with van der Waals surface area (Å²) in [5.74, 6) is 1.09. The second kappa shape index (κ2) is 10.2. The number of hydrogen-bond donors (Lipinski definition) is 2. The van der Waals surface area contributed by atoms with Crippen molar-refractivity contribution >= 4 is 12.1 Å². The van der Waals surface area contributed by atoms with Gasteiger partial charge in [-0.15, -0.1) is 0 Å². The molecule has 0 saturated carbocycles. The topological polar surface area (TPSA) is 80.2 Å². The van der Waals surface area contributed by atoms with E-state index >= 15 is 0 Å². The van der Waals surface area contributed by atoms with E-state index in [9.17, 15) is 9.90 Å². The van der Waals surface area contributed by atoms with Crippen LogP contribution < -0.4 is 14.9 Å². The predicted molar refractivity (Wildman–Crippen MR) is 106 cm³/mol. The number of carbonyl (C=O) groups is 1. The standard InChI is InChI=1S/C21H26N2O4/c1-4-15(3)16-9-11-18(12-10-16)27-14-20(24)23-22-13-17-7-6-8-19(21(17)25)26-5-2/h6-13,15,25H,4-5,14H2,1-3H3,(H,23,24)/b22-13+/t15-/m1/s1. The molecule has 6 nitrogen and oxygen atoms in total. The van der Waals surface area contributed by atoms with E-state index in [2.05, 4.69) is 24.4 Å². The van der Waals surface area contributed by atoms with Crippen LogP contribution in [-0.2, 0) is 4.79 Å². The fraction of sp³-hybridized carbons (Fsp3) is 0.333. The van der Waals surface area contributed by atoms with Crippen molar-refractivity contribution in [3.8, 4) is 17.2 Å². The largest absolute Gasteiger partial charge is 0.504 e. The van der Waals surface area contributed by atoms with Gasteiger partial charge in [-0.1, -0.05) is 32.0 Å². The Balaban J connectivity index is 1.84.